The van der Waals surface area contributed by atoms with Gasteiger partial charge in [-0.15, -0.1) is 22.9 Å². The van der Waals surface area contributed by atoms with E-state index in [-0.39, 0.29) is 0 Å². The molecule has 0 fully saturated rings. The van der Waals surface area contributed by atoms with Crippen molar-refractivity contribution in [3.05, 3.63) is 34.2 Å². The summed E-state index contributed by atoms with van der Waals surface area (Å²) < 4.78 is 1.21. The summed E-state index contributed by atoms with van der Waals surface area (Å²) in [6.45, 7) is 0. The van der Waals surface area contributed by atoms with Crippen LogP contribution in [0.15, 0.2) is 24.3 Å². The van der Waals surface area contributed by atoms with E-state index in [4.69, 9.17) is 23.2 Å². The third kappa shape index (κ3) is 1.22. The third-order valence-electron chi connectivity index (χ3n) is 1.72. The fourth-order valence-corrected chi connectivity index (χ4v) is 2.87. The van der Waals surface area contributed by atoms with E-state index in [2.05, 4.69) is 6.07 Å². The fourth-order valence-electron chi connectivity index (χ4n) is 1.15. The van der Waals surface area contributed by atoms with Crippen LogP contribution in [0.2, 0.25) is 5.02 Å². The highest BCUT2D eigenvalue weighted by Crippen LogP contribution is 2.35. The van der Waals surface area contributed by atoms with Gasteiger partial charge in [-0.1, -0.05) is 29.8 Å². The average molecular weight is 217 g/mol. The van der Waals surface area contributed by atoms with E-state index in [1.54, 1.807) is 11.3 Å². The molecule has 0 aliphatic rings. The number of fused-ring (bicyclic) bond motifs is 1. The van der Waals surface area contributed by atoms with Gasteiger partial charge in [-0.05, 0) is 6.07 Å². The third-order valence-corrected chi connectivity index (χ3v) is 3.86. The van der Waals surface area contributed by atoms with Gasteiger partial charge < -0.3 is 0 Å². The molecule has 0 radical (unpaired) electrons. The van der Waals surface area contributed by atoms with E-state index in [1.165, 1.54) is 4.70 Å². The Morgan fingerprint density at radius 1 is 1.25 bits per heavy atom. The second-order valence-corrected chi connectivity index (χ2v) is 4.25. The molecule has 0 atom stereocenters. The summed E-state index contributed by atoms with van der Waals surface area (Å²) in [5.41, 5.74) is 0. The van der Waals surface area contributed by atoms with Gasteiger partial charge in [-0.2, -0.15) is 0 Å². The van der Waals surface area contributed by atoms with Crippen LogP contribution < -0.4 is 0 Å². The van der Waals surface area contributed by atoms with Gasteiger partial charge in [0.05, 0.1) is 10.9 Å². The summed E-state index contributed by atoms with van der Waals surface area (Å²) in [6, 6.07) is 8.07. The molecule has 62 valence electrons. The molecule has 0 aliphatic carbocycles. The van der Waals surface area contributed by atoms with E-state index < -0.39 is 0 Å². The molecular formula is C9H6Cl2S. The largest absolute Gasteiger partial charge is 0.137 e. The Hall–Kier alpha value is -0.240. The molecule has 1 aromatic carbocycles. The Labute approximate surface area is 84.7 Å². The quantitative estimate of drug-likeness (QED) is 0.625. The van der Waals surface area contributed by atoms with Crippen LogP contribution in [0.3, 0.4) is 0 Å². The van der Waals surface area contributed by atoms with Crippen molar-refractivity contribution in [2.24, 2.45) is 0 Å². The van der Waals surface area contributed by atoms with Crippen LogP contribution in [0, 0.1) is 0 Å². The van der Waals surface area contributed by atoms with Crippen LogP contribution in [0.1, 0.15) is 4.88 Å². The number of thiophene rings is 1. The number of alkyl halides is 1. The predicted molar refractivity (Wildman–Crippen MR) is 56.4 cm³/mol. The molecule has 0 bridgehead atoms. The van der Waals surface area contributed by atoms with E-state index in [0.29, 0.717) is 5.88 Å². The lowest BCUT2D eigenvalue weighted by molar-refractivity contribution is 1.54. The SMILES string of the molecule is ClCc1sc2ccccc2c1Cl. The molecule has 1 aromatic heterocycles. The topological polar surface area (TPSA) is 0 Å². The summed E-state index contributed by atoms with van der Waals surface area (Å²) in [5, 5.41) is 1.92. The van der Waals surface area contributed by atoms with Crippen LogP contribution in [0.25, 0.3) is 10.1 Å². The second kappa shape index (κ2) is 3.25. The molecular weight excluding hydrogens is 211 g/mol. The monoisotopic (exact) mass is 216 g/mol. The molecule has 0 saturated carbocycles. The summed E-state index contributed by atoms with van der Waals surface area (Å²) in [7, 11) is 0. The molecule has 1 heterocycles. The Bertz CT molecular complexity index is 406. The number of benzene rings is 1. The lowest BCUT2D eigenvalue weighted by Gasteiger charge is -1.87. The maximum atomic E-state index is 6.08. The van der Waals surface area contributed by atoms with Gasteiger partial charge in [0.25, 0.3) is 0 Å². The maximum Gasteiger partial charge on any atom is 0.0636 e. The van der Waals surface area contributed by atoms with Crippen molar-refractivity contribution < 1.29 is 0 Å². The van der Waals surface area contributed by atoms with Gasteiger partial charge in [0.15, 0.2) is 0 Å². The highest BCUT2D eigenvalue weighted by atomic mass is 35.5. The molecule has 0 spiro atoms. The van der Waals surface area contributed by atoms with Crippen molar-refractivity contribution in [1.29, 1.82) is 0 Å². The zero-order chi connectivity index (χ0) is 8.55. The van der Waals surface area contributed by atoms with Gasteiger partial charge in [0, 0.05) is 15.0 Å². The minimum absolute atomic E-state index is 0.498. The number of hydrogen-bond acceptors (Lipinski definition) is 1. The van der Waals surface area contributed by atoms with E-state index in [9.17, 15) is 0 Å². The van der Waals surface area contributed by atoms with Crippen molar-refractivity contribution in [2.45, 2.75) is 5.88 Å². The molecule has 0 N–H and O–H groups in total. The Kier molecular flexibility index (Phi) is 2.26. The van der Waals surface area contributed by atoms with Crippen molar-refractivity contribution >= 4 is 44.6 Å². The van der Waals surface area contributed by atoms with Crippen molar-refractivity contribution in [2.75, 3.05) is 0 Å². The first-order valence-corrected chi connectivity index (χ1v) is 5.27. The van der Waals surface area contributed by atoms with Gasteiger partial charge in [-0.3, -0.25) is 0 Å². The first-order chi connectivity index (χ1) is 5.83. The smallest absolute Gasteiger partial charge is 0.0636 e. The van der Waals surface area contributed by atoms with E-state index in [0.717, 1.165) is 15.3 Å². The Morgan fingerprint density at radius 2 is 2.00 bits per heavy atom. The summed E-state index contributed by atoms with van der Waals surface area (Å²) >= 11 is 13.5. The van der Waals surface area contributed by atoms with Crippen LogP contribution in [0.4, 0.5) is 0 Å². The first kappa shape index (κ1) is 8.36. The number of rotatable bonds is 1. The minimum atomic E-state index is 0.498. The molecule has 0 nitrogen and oxygen atoms in total. The highest BCUT2D eigenvalue weighted by molar-refractivity contribution is 7.20. The summed E-state index contributed by atoms with van der Waals surface area (Å²) in [4.78, 5) is 1.06. The summed E-state index contributed by atoms with van der Waals surface area (Å²) in [5.74, 6) is 0.498. The predicted octanol–water partition coefficient (Wildman–Crippen LogP) is 4.29. The number of halogens is 2. The lowest BCUT2D eigenvalue weighted by Crippen LogP contribution is -1.67. The van der Waals surface area contributed by atoms with Gasteiger partial charge in [0.2, 0.25) is 0 Å². The molecule has 2 rings (SSSR count). The molecule has 0 unspecified atom stereocenters. The van der Waals surface area contributed by atoms with Gasteiger partial charge >= 0.3 is 0 Å². The molecule has 3 heteroatoms. The fraction of sp³-hybridized carbons (Fsp3) is 0.111. The molecule has 2 aromatic rings. The van der Waals surface area contributed by atoms with Crippen LogP contribution in [0.5, 0.6) is 0 Å². The highest BCUT2D eigenvalue weighted by Gasteiger charge is 2.07. The molecule has 0 aliphatic heterocycles. The lowest BCUT2D eigenvalue weighted by atomic mass is 10.2. The Morgan fingerprint density at radius 3 is 2.67 bits per heavy atom. The zero-order valence-corrected chi connectivity index (χ0v) is 8.51. The maximum absolute atomic E-state index is 6.08. The van der Waals surface area contributed by atoms with E-state index >= 15 is 0 Å². The molecule has 0 amide bonds. The molecule has 12 heavy (non-hydrogen) atoms. The van der Waals surface area contributed by atoms with Crippen LogP contribution >= 0.6 is 34.5 Å². The Balaban J connectivity index is 2.78. The van der Waals surface area contributed by atoms with Gasteiger partial charge in [0.1, 0.15) is 0 Å². The zero-order valence-electron chi connectivity index (χ0n) is 6.18. The summed E-state index contributed by atoms with van der Waals surface area (Å²) in [6.07, 6.45) is 0. The minimum Gasteiger partial charge on any atom is -0.137 e. The van der Waals surface area contributed by atoms with Crippen LogP contribution in [-0.2, 0) is 5.88 Å². The number of hydrogen-bond donors (Lipinski definition) is 0. The van der Waals surface area contributed by atoms with Gasteiger partial charge in [-0.25, -0.2) is 0 Å². The molecule has 0 saturated heterocycles. The normalized spacial score (nSPS) is 10.8. The average Bonchev–Trinajstić information content (AvgIpc) is 2.44. The van der Waals surface area contributed by atoms with Crippen molar-refractivity contribution in [3.63, 3.8) is 0 Å². The van der Waals surface area contributed by atoms with E-state index in [1.807, 2.05) is 18.2 Å². The second-order valence-electron chi connectivity index (χ2n) is 2.47. The van der Waals surface area contributed by atoms with Crippen molar-refractivity contribution in [3.8, 4) is 0 Å². The van der Waals surface area contributed by atoms with Crippen molar-refractivity contribution in [1.82, 2.24) is 0 Å². The standard InChI is InChI=1S/C9H6Cl2S/c10-5-8-9(11)6-3-1-2-4-7(6)12-8/h1-4H,5H2. The van der Waals surface area contributed by atoms with Crippen LogP contribution in [-0.4, -0.2) is 0 Å². The first-order valence-electron chi connectivity index (χ1n) is 3.55.